The number of rotatable bonds is 11. The summed E-state index contributed by atoms with van der Waals surface area (Å²) in [4.78, 5) is 11.8. The molecular formula is C15H26N2O3. The van der Waals surface area contributed by atoms with Gasteiger partial charge in [-0.3, -0.25) is 4.79 Å². The van der Waals surface area contributed by atoms with E-state index in [4.69, 9.17) is 9.15 Å². The van der Waals surface area contributed by atoms with E-state index in [9.17, 15) is 4.79 Å². The topological polar surface area (TPSA) is 63.5 Å². The van der Waals surface area contributed by atoms with Crippen molar-refractivity contribution in [3.63, 3.8) is 0 Å². The summed E-state index contributed by atoms with van der Waals surface area (Å²) in [6.45, 7) is 6.78. The summed E-state index contributed by atoms with van der Waals surface area (Å²) in [5.74, 6) is 0.739. The molecule has 0 saturated heterocycles. The summed E-state index contributed by atoms with van der Waals surface area (Å²) >= 11 is 0. The van der Waals surface area contributed by atoms with Gasteiger partial charge in [0.1, 0.15) is 5.76 Å². The summed E-state index contributed by atoms with van der Waals surface area (Å²) in [6, 6.07) is 3.44. The number of amides is 1. The Morgan fingerprint density at radius 3 is 2.90 bits per heavy atom. The Balaban J connectivity index is 2.00. The summed E-state index contributed by atoms with van der Waals surface area (Å²) in [6.07, 6.45) is 4.78. The lowest BCUT2D eigenvalue weighted by Gasteiger charge is -2.13. The number of hydrogen-bond donors (Lipinski definition) is 2. The molecule has 0 aromatic carbocycles. The molecule has 5 nitrogen and oxygen atoms in total. The number of hydrogen-bond acceptors (Lipinski definition) is 4. The standard InChI is InChI=1S/C15H26N2O3/c1-3-4-9-19-10-6-8-16-13(2)15(18)17-12-14-7-5-11-20-14/h5,7,11,13,16H,3-4,6,8-10,12H2,1-2H3,(H,17,18). The van der Waals surface area contributed by atoms with Crippen LogP contribution in [0.2, 0.25) is 0 Å². The van der Waals surface area contributed by atoms with E-state index in [0.29, 0.717) is 6.54 Å². The number of furan rings is 1. The van der Waals surface area contributed by atoms with Crippen molar-refractivity contribution in [3.05, 3.63) is 24.2 Å². The van der Waals surface area contributed by atoms with Crippen molar-refractivity contribution in [2.45, 2.75) is 45.7 Å². The van der Waals surface area contributed by atoms with Crippen LogP contribution >= 0.6 is 0 Å². The third kappa shape index (κ3) is 7.31. The van der Waals surface area contributed by atoms with E-state index in [1.165, 1.54) is 0 Å². The zero-order chi connectivity index (χ0) is 14.6. The largest absolute Gasteiger partial charge is 0.467 e. The maximum atomic E-state index is 11.8. The lowest BCUT2D eigenvalue weighted by molar-refractivity contribution is -0.123. The predicted molar refractivity (Wildman–Crippen MR) is 78.4 cm³/mol. The van der Waals surface area contributed by atoms with E-state index in [1.807, 2.05) is 19.1 Å². The monoisotopic (exact) mass is 282 g/mol. The maximum Gasteiger partial charge on any atom is 0.237 e. The van der Waals surface area contributed by atoms with Gasteiger partial charge < -0.3 is 19.8 Å². The first-order valence-corrected chi connectivity index (χ1v) is 7.35. The molecule has 0 aliphatic carbocycles. The van der Waals surface area contributed by atoms with E-state index in [1.54, 1.807) is 6.26 Å². The highest BCUT2D eigenvalue weighted by atomic mass is 16.5. The van der Waals surface area contributed by atoms with Crippen molar-refractivity contribution in [2.24, 2.45) is 0 Å². The second-order valence-corrected chi connectivity index (χ2v) is 4.79. The quantitative estimate of drug-likeness (QED) is 0.610. The zero-order valence-electron chi connectivity index (χ0n) is 12.5. The van der Waals surface area contributed by atoms with Gasteiger partial charge in [-0.15, -0.1) is 0 Å². The maximum absolute atomic E-state index is 11.8. The van der Waals surface area contributed by atoms with Gasteiger partial charge in [0.05, 0.1) is 18.8 Å². The highest BCUT2D eigenvalue weighted by Crippen LogP contribution is 1.98. The molecule has 0 saturated carbocycles. The fraction of sp³-hybridized carbons (Fsp3) is 0.667. The number of ether oxygens (including phenoxy) is 1. The van der Waals surface area contributed by atoms with Crippen LogP contribution in [0.25, 0.3) is 0 Å². The molecule has 1 unspecified atom stereocenters. The lowest BCUT2D eigenvalue weighted by Crippen LogP contribution is -2.42. The molecule has 1 aromatic rings. The normalized spacial score (nSPS) is 12.3. The van der Waals surface area contributed by atoms with Gasteiger partial charge in [0, 0.05) is 13.2 Å². The Hall–Kier alpha value is -1.33. The molecule has 2 N–H and O–H groups in total. The van der Waals surface area contributed by atoms with E-state index in [0.717, 1.165) is 44.8 Å². The van der Waals surface area contributed by atoms with Gasteiger partial charge in [-0.25, -0.2) is 0 Å². The number of nitrogens with one attached hydrogen (secondary N) is 2. The van der Waals surface area contributed by atoms with Gasteiger partial charge >= 0.3 is 0 Å². The zero-order valence-corrected chi connectivity index (χ0v) is 12.5. The molecule has 0 aliphatic heterocycles. The second-order valence-electron chi connectivity index (χ2n) is 4.79. The SMILES string of the molecule is CCCCOCCCNC(C)C(=O)NCc1ccco1. The first-order valence-electron chi connectivity index (χ1n) is 7.35. The predicted octanol–water partition coefficient (Wildman–Crippen LogP) is 2.08. The number of carbonyl (C=O) groups excluding carboxylic acids is 1. The van der Waals surface area contributed by atoms with Crippen molar-refractivity contribution in [2.75, 3.05) is 19.8 Å². The van der Waals surface area contributed by atoms with Crippen LogP contribution in [0.3, 0.4) is 0 Å². The molecule has 1 rings (SSSR count). The third-order valence-electron chi connectivity index (χ3n) is 2.97. The molecule has 0 fully saturated rings. The minimum atomic E-state index is -0.208. The van der Waals surface area contributed by atoms with Crippen LogP contribution < -0.4 is 10.6 Å². The third-order valence-corrected chi connectivity index (χ3v) is 2.97. The fourth-order valence-electron chi connectivity index (χ4n) is 1.67. The summed E-state index contributed by atoms with van der Waals surface area (Å²) < 4.78 is 10.6. The molecule has 0 bridgehead atoms. The first kappa shape index (κ1) is 16.7. The Morgan fingerprint density at radius 1 is 1.40 bits per heavy atom. The molecule has 0 aliphatic rings. The molecule has 1 heterocycles. The molecule has 20 heavy (non-hydrogen) atoms. The molecule has 1 atom stereocenters. The van der Waals surface area contributed by atoms with Gasteiger partial charge in [0.2, 0.25) is 5.91 Å². The lowest BCUT2D eigenvalue weighted by atomic mass is 10.3. The van der Waals surface area contributed by atoms with Crippen LogP contribution in [0.4, 0.5) is 0 Å². The highest BCUT2D eigenvalue weighted by molar-refractivity contribution is 5.81. The van der Waals surface area contributed by atoms with Crippen LogP contribution in [0.15, 0.2) is 22.8 Å². The van der Waals surface area contributed by atoms with E-state index in [2.05, 4.69) is 17.6 Å². The molecule has 114 valence electrons. The van der Waals surface area contributed by atoms with Crippen molar-refractivity contribution in [1.29, 1.82) is 0 Å². The van der Waals surface area contributed by atoms with Crippen LogP contribution in [0.5, 0.6) is 0 Å². The second kappa shape index (κ2) is 10.5. The molecular weight excluding hydrogens is 256 g/mol. The minimum Gasteiger partial charge on any atom is -0.467 e. The van der Waals surface area contributed by atoms with E-state index in [-0.39, 0.29) is 11.9 Å². The molecule has 1 aromatic heterocycles. The Morgan fingerprint density at radius 2 is 2.20 bits per heavy atom. The van der Waals surface area contributed by atoms with Crippen LogP contribution in [0, 0.1) is 0 Å². The molecule has 0 radical (unpaired) electrons. The minimum absolute atomic E-state index is 0.0201. The van der Waals surface area contributed by atoms with Crippen LogP contribution in [-0.2, 0) is 16.1 Å². The first-order chi connectivity index (χ1) is 9.74. The average molecular weight is 282 g/mol. The van der Waals surface area contributed by atoms with Gasteiger partial charge in [0.25, 0.3) is 0 Å². The van der Waals surface area contributed by atoms with E-state index >= 15 is 0 Å². The molecule has 1 amide bonds. The van der Waals surface area contributed by atoms with Crippen molar-refractivity contribution in [1.82, 2.24) is 10.6 Å². The Kier molecular flexibility index (Phi) is 8.74. The van der Waals surface area contributed by atoms with Crippen molar-refractivity contribution < 1.29 is 13.9 Å². The highest BCUT2D eigenvalue weighted by Gasteiger charge is 2.11. The summed E-state index contributed by atoms with van der Waals surface area (Å²) in [7, 11) is 0. The molecule has 0 spiro atoms. The summed E-state index contributed by atoms with van der Waals surface area (Å²) in [5.41, 5.74) is 0. The van der Waals surface area contributed by atoms with Crippen LogP contribution in [0.1, 0.15) is 38.9 Å². The average Bonchev–Trinajstić information content (AvgIpc) is 2.96. The molecule has 5 heteroatoms. The Bertz CT molecular complexity index is 352. The van der Waals surface area contributed by atoms with Gasteiger partial charge in [0.15, 0.2) is 0 Å². The number of unbranched alkanes of at least 4 members (excludes halogenated alkanes) is 1. The fourth-order valence-corrected chi connectivity index (χ4v) is 1.67. The summed E-state index contributed by atoms with van der Waals surface area (Å²) in [5, 5.41) is 6.01. The van der Waals surface area contributed by atoms with Crippen LogP contribution in [-0.4, -0.2) is 31.7 Å². The van der Waals surface area contributed by atoms with Crippen molar-refractivity contribution in [3.8, 4) is 0 Å². The van der Waals surface area contributed by atoms with Gasteiger partial charge in [-0.2, -0.15) is 0 Å². The number of carbonyl (C=O) groups is 1. The Labute approximate surface area is 121 Å². The van der Waals surface area contributed by atoms with Gasteiger partial charge in [-0.1, -0.05) is 13.3 Å². The smallest absolute Gasteiger partial charge is 0.237 e. The van der Waals surface area contributed by atoms with E-state index < -0.39 is 0 Å². The van der Waals surface area contributed by atoms with Gasteiger partial charge in [-0.05, 0) is 38.4 Å². The van der Waals surface area contributed by atoms with Crippen molar-refractivity contribution >= 4 is 5.91 Å².